The van der Waals surface area contributed by atoms with Crippen LogP contribution in [-0.4, -0.2) is 43.9 Å². The molecule has 0 radical (unpaired) electrons. The first-order valence-corrected chi connectivity index (χ1v) is 9.07. The van der Waals surface area contributed by atoms with Gasteiger partial charge in [0.25, 0.3) is 5.69 Å². The first-order chi connectivity index (χ1) is 13.5. The van der Waals surface area contributed by atoms with Crippen LogP contribution >= 0.6 is 11.8 Å². The molecule has 1 aromatic heterocycles. The highest BCUT2D eigenvalue weighted by Crippen LogP contribution is 2.29. The summed E-state index contributed by atoms with van der Waals surface area (Å²) in [6.07, 6.45) is 0. The Kier molecular flexibility index (Phi) is 5.84. The number of methoxy groups -OCH3 is 1. The lowest BCUT2D eigenvalue weighted by Crippen LogP contribution is -2.15. The van der Waals surface area contributed by atoms with Crippen LogP contribution in [0.5, 0.6) is 5.75 Å². The van der Waals surface area contributed by atoms with Gasteiger partial charge in [0.15, 0.2) is 0 Å². The van der Waals surface area contributed by atoms with E-state index in [9.17, 15) is 14.9 Å². The summed E-state index contributed by atoms with van der Waals surface area (Å²) in [5, 5.41) is 25.6. The lowest BCUT2D eigenvalue weighted by Gasteiger charge is -2.10. The minimum atomic E-state index is -0.532. The van der Waals surface area contributed by atoms with E-state index in [4.69, 9.17) is 4.74 Å². The first kappa shape index (κ1) is 19.3. The second-order valence-electron chi connectivity index (χ2n) is 5.64. The highest BCUT2D eigenvalue weighted by molar-refractivity contribution is 7.99. The van der Waals surface area contributed by atoms with Crippen LogP contribution < -0.4 is 10.1 Å². The highest BCUT2D eigenvalue weighted by atomic mass is 32.2. The molecular weight excluding hydrogens is 384 g/mol. The molecule has 1 amide bonds. The molecule has 0 fully saturated rings. The fraction of sp³-hybridized carbons (Fsp3) is 0.176. The maximum atomic E-state index is 12.3. The normalized spacial score (nSPS) is 10.5. The zero-order valence-electron chi connectivity index (χ0n) is 15.0. The van der Waals surface area contributed by atoms with Gasteiger partial charge in [-0.05, 0) is 35.0 Å². The fourth-order valence-electron chi connectivity index (χ4n) is 2.43. The van der Waals surface area contributed by atoms with Crippen LogP contribution in [0.4, 0.5) is 11.4 Å². The topological polar surface area (TPSA) is 125 Å². The number of amides is 1. The molecule has 0 unspecified atom stereocenters. The van der Waals surface area contributed by atoms with E-state index in [-0.39, 0.29) is 23.1 Å². The molecule has 3 rings (SSSR count). The number of carbonyl (C=O) groups excluding carboxylic acids is 1. The van der Waals surface area contributed by atoms with Gasteiger partial charge in [-0.3, -0.25) is 14.9 Å². The third-order valence-electron chi connectivity index (χ3n) is 3.79. The van der Waals surface area contributed by atoms with E-state index in [0.29, 0.717) is 10.8 Å². The summed E-state index contributed by atoms with van der Waals surface area (Å²) in [6, 6.07) is 11.6. The first-order valence-electron chi connectivity index (χ1n) is 8.09. The number of thioether (sulfide) groups is 1. The van der Waals surface area contributed by atoms with Crippen molar-refractivity contribution < 1.29 is 14.5 Å². The Labute approximate surface area is 164 Å². The number of hydrogen-bond donors (Lipinski definition) is 1. The van der Waals surface area contributed by atoms with Crippen LogP contribution in [0.2, 0.25) is 0 Å². The number of aryl methyl sites for hydroxylation is 1. The van der Waals surface area contributed by atoms with Gasteiger partial charge in [0, 0.05) is 6.07 Å². The Morgan fingerprint density at radius 3 is 2.82 bits per heavy atom. The van der Waals surface area contributed by atoms with E-state index in [0.717, 1.165) is 11.3 Å². The van der Waals surface area contributed by atoms with Gasteiger partial charge in [-0.25, -0.2) is 0 Å². The summed E-state index contributed by atoms with van der Waals surface area (Å²) in [5.41, 5.74) is 2.04. The molecule has 0 atom stereocenters. The van der Waals surface area contributed by atoms with E-state index in [2.05, 4.69) is 20.8 Å². The predicted octanol–water partition coefficient (Wildman–Crippen LogP) is 2.62. The summed E-state index contributed by atoms with van der Waals surface area (Å²) >= 11 is 1.17. The molecule has 2 aromatic carbocycles. The monoisotopic (exact) mass is 400 g/mol. The molecule has 28 heavy (non-hydrogen) atoms. The molecule has 0 saturated heterocycles. The molecule has 0 spiro atoms. The van der Waals surface area contributed by atoms with Gasteiger partial charge in [-0.15, -0.1) is 5.10 Å². The largest absolute Gasteiger partial charge is 0.494 e. The van der Waals surface area contributed by atoms with Gasteiger partial charge >= 0.3 is 0 Å². The average molecular weight is 400 g/mol. The third kappa shape index (κ3) is 4.26. The van der Waals surface area contributed by atoms with Crippen LogP contribution in [-0.2, 0) is 4.79 Å². The quantitative estimate of drug-likeness (QED) is 0.364. The Morgan fingerprint density at radius 2 is 2.11 bits per heavy atom. The molecular formula is C17H16N6O4S. The molecule has 11 heteroatoms. The lowest BCUT2D eigenvalue weighted by molar-refractivity contribution is -0.384. The number of nitrogens with zero attached hydrogens (tertiary/aromatic N) is 5. The number of nitrogens with one attached hydrogen (secondary N) is 1. The van der Waals surface area contributed by atoms with Gasteiger partial charge in [-0.2, -0.15) is 4.68 Å². The van der Waals surface area contributed by atoms with Crippen molar-refractivity contribution in [3.05, 3.63) is 58.1 Å². The number of nitro benzene ring substituents is 1. The standard InChI is InChI=1S/C17H16N6O4S/c1-11-5-3-4-6-14(11)22-17(19-20-21-22)28-10-16(24)18-13-8-7-12(23(25)26)9-15(13)27-2/h3-9H,10H2,1-2H3,(H,18,24). The molecule has 10 nitrogen and oxygen atoms in total. The Bertz CT molecular complexity index is 1020. The molecule has 1 N–H and O–H groups in total. The zero-order valence-corrected chi connectivity index (χ0v) is 15.8. The number of non-ortho nitro benzene ring substituents is 1. The number of aromatic nitrogens is 4. The average Bonchev–Trinajstić information content (AvgIpc) is 3.15. The molecule has 1 heterocycles. The summed E-state index contributed by atoms with van der Waals surface area (Å²) in [6.45, 7) is 1.94. The smallest absolute Gasteiger partial charge is 0.273 e. The molecule has 0 aliphatic rings. The Hall–Kier alpha value is -3.47. The van der Waals surface area contributed by atoms with Crippen molar-refractivity contribution in [3.63, 3.8) is 0 Å². The van der Waals surface area contributed by atoms with Crippen LogP contribution in [0.3, 0.4) is 0 Å². The maximum Gasteiger partial charge on any atom is 0.273 e. The van der Waals surface area contributed by atoms with E-state index >= 15 is 0 Å². The van der Waals surface area contributed by atoms with E-state index in [1.54, 1.807) is 4.68 Å². The molecule has 0 bridgehead atoms. The number of para-hydroxylation sites is 1. The summed E-state index contributed by atoms with van der Waals surface area (Å²) in [5.74, 6) is -0.0689. The van der Waals surface area contributed by atoms with Crippen molar-refractivity contribution >= 4 is 29.0 Å². The van der Waals surface area contributed by atoms with Gasteiger partial charge in [0.05, 0.1) is 35.2 Å². The number of hydrogen-bond acceptors (Lipinski definition) is 8. The van der Waals surface area contributed by atoms with Crippen molar-refractivity contribution in [2.45, 2.75) is 12.1 Å². The van der Waals surface area contributed by atoms with Gasteiger partial charge < -0.3 is 10.1 Å². The molecule has 144 valence electrons. The number of tetrazole rings is 1. The summed E-state index contributed by atoms with van der Waals surface area (Å²) in [4.78, 5) is 22.6. The van der Waals surface area contributed by atoms with Crippen molar-refractivity contribution in [2.24, 2.45) is 0 Å². The van der Waals surface area contributed by atoms with E-state index in [1.165, 1.54) is 37.1 Å². The summed E-state index contributed by atoms with van der Waals surface area (Å²) < 4.78 is 6.68. The Balaban J connectivity index is 1.69. The molecule has 0 aliphatic carbocycles. The number of anilines is 1. The minimum Gasteiger partial charge on any atom is -0.494 e. The van der Waals surface area contributed by atoms with Gasteiger partial charge in [-0.1, -0.05) is 30.0 Å². The van der Waals surface area contributed by atoms with E-state index in [1.807, 2.05) is 31.2 Å². The summed E-state index contributed by atoms with van der Waals surface area (Å²) in [7, 11) is 1.37. The number of benzene rings is 2. The number of rotatable bonds is 7. The second-order valence-corrected chi connectivity index (χ2v) is 6.58. The van der Waals surface area contributed by atoms with Crippen molar-refractivity contribution in [1.82, 2.24) is 20.2 Å². The van der Waals surface area contributed by atoms with Crippen molar-refractivity contribution in [1.29, 1.82) is 0 Å². The number of ether oxygens (including phenoxy) is 1. The fourth-order valence-corrected chi connectivity index (χ4v) is 3.12. The maximum absolute atomic E-state index is 12.3. The van der Waals surface area contributed by atoms with Gasteiger partial charge in [0.1, 0.15) is 5.75 Å². The Morgan fingerprint density at radius 1 is 1.32 bits per heavy atom. The predicted molar refractivity (Wildman–Crippen MR) is 103 cm³/mol. The zero-order chi connectivity index (χ0) is 20.1. The highest BCUT2D eigenvalue weighted by Gasteiger charge is 2.16. The van der Waals surface area contributed by atoms with E-state index < -0.39 is 4.92 Å². The number of carbonyl (C=O) groups is 1. The third-order valence-corrected chi connectivity index (χ3v) is 4.71. The van der Waals surface area contributed by atoms with Crippen LogP contribution in [0, 0.1) is 17.0 Å². The van der Waals surface area contributed by atoms with Crippen molar-refractivity contribution in [3.8, 4) is 11.4 Å². The van der Waals surface area contributed by atoms with Gasteiger partial charge in [0.2, 0.25) is 11.1 Å². The molecule has 0 saturated carbocycles. The van der Waals surface area contributed by atoms with Crippen molar-refractivity contribution in [2.75, 3.05) is 18.2 Å². The lowest BCUT2D eigenvalue weighted by atomic mass is 10.2. The molecule has 0 aliphatic heterocycles. The molecule has 3 aromatic rings. The number of nitro groups is 1. The van der Waals surface area contributed by atoms with Crippen LogP contribution in [0.15, 0.2) is 47.6 Å². The van der Waals surface area contributed by atoms with Crippen LogP contribution in [0.1, 0.15) is 5.56 Å². The second kappa shape index (κ2) is 8.48. The minimum absolute atomic E-state index is 0.0480. The van der Waals surface area contributed by atoms with Crippen LogP contribution in [0.25, 0.3) is 5.69 Å². The SMILES string of the molecule is COc1cc([N+](=O)[O-])ccc1NC(=O)CSc1nnnn1-c1ccccc1C.